The molecular weight excluding hydrogens is 366 g/mol. The first-order valence-corrected chi connectivity index (χ1v) is 6.49. The van der Waals surface area contributed by atoms with E-state index in [0.717, 1.165) is 0 Å². The highest BCUT2D eigenvalue weighted by atomic mass is 127. The van der Waals surface area contributed by atoms with Crippen molar-refractivity contribution in [3.8, 4) is 0 Å². The van der Waals surface area contributed by atoms with E-state index in [4.69, 9.17) is 10.3 Å². The lowest BCUT2D eigenvalue weighted by molar-refractivity contribution is -0.127. The number of carbonyl (C=O) groups excluding carboxylic acids is 1. The second-order valence-electron chi connectivity index (χ2n) is 4.16. The first-order valence-electron chi connectivity index (χ1n) is 5.41. The minimum atomic E-state index is -1.27. The lowest BCUT2D eigenvalue weighted by atomic mass is 10.2. The maximum absolute atomic E-state index is 13.6. The summed E-state index contributed by atoms with van der Waals surface area (Å²) in [4.78, 5) is 15.4. The quantitative estimate of drug-likeness (QED) is 0.268. The third kappa shape index (κ3) is 2.65. The number of benzene rings is 1. The van der Waals surface area contributed by atoms with E-state index in [0.29, 0.717) is 15.5 Å². The van der Waals surface area contributed by atoms with Gasteiger partial charge in [0.05, 0.1) is 6.54 Å². The van der Waals surface area contributed by atoms with Crippen LogP contribution in [0.15, 0.2) is 23.3 Å². The molecule has 1 saturated heterocycles. The zero-order chi connectivity index (χ0) is 14.0. The molecule has 0 aromatic heterocycles. The molecule has 1 heterocycles. The summed E-state index contributed by atoms with van der Waals surface area (Å²) in [6.45, 7) is 1.74. The van der Waals surface area contributed by atoms with E-state index in [1.165, 1.54) is 6.07 Å². The van der Waals surface area contributed by atoms with Crippen molar-refractivity contribution < 1.29 is 13.9 Å². The van der Waals surface area contributed by atoms with Gasteiger partial charge in [0, 0.05) is 14.2 Å². The van der Waals surface area contributed by atoms with Gasteiger partial charge in [-0.15, -0.1) is 0 Å². The molecule has 6 nitrogen and oxygen atoms in total. The highest BCUT2D eigenvalue weighted by Crippen LogP contribution is 2.32. The molecule has 100 valence electrons. The molecule has 0 radical (unpaired) electrons. The molecule has 1 aromatic rings. The number of rotatable bonds is 3. The standard InChI is InChI=1S/C11H10FIN4O2/c1-11(6-18)17(5-10(19-11)15-16-14)7-2-3-9(13)8(12)4-7/h2-4,6,10H,5H2,1H3/t10-,11?/m1/s1. The summed E-state index contributed by atoms with van der Waals surface area (Å²) < 4.78 is 19.5. The Hall–Kier alpha value is -1.38. The molecule has 2 rings (SSSR count). The molecule has 1 fully saturated rings. The number of hydrogen-bond donors (Lipinski definition) is 0. The highest BCUT2D eigenvalue weighted by molar-refractivity contribution is 14.1. The third-order valence-corrected chi connectivity index (χ3v) is 3.74. The van der Waals surface area contributed by atoms with Crippen molar-refractivity contribution in [3.63, 3.8) is 0 Å². The van der Waals surface area contributed by atoms with Gasteiger partial charge in [0.2, 0.25) is 0 Å². The molecule has 0 aliphatic carbocycles. The molecule has 1 aliphatic rings. The van der Waals surface area contributed by atoms with Crippen LogP contribution in [0.1, 0.15) is 6.92 Å². The van der Waals surface area contributed by atoms with Crippen molar-refractivity contribution in [2.24, 2.45) is 5.11 Å². The summed E-state index contributed by atoms with van der Waals surface area (Å²) in [5.74, 6) is -0.376. The van der Waals surface area contributed by atoms with Crippen molar-refractivity contribution in [2.45, 2.75) is 18.9 Å². The first kappa shape index (κ1) is 14.0. The Balaban J connectivity index is 2.38. The lowest BCUT2D eigenvalue weighted by Crippen LogP contribution is -2.43. The zero-order valence-corrected chi connectivity index (χ0v) is 12.1. The molecule has 1 unspecified atom stereocenters. The van der Waals surface area contributed by atoms with Gasteiger partial charge in [-0.1, -0.05) is 5.11 Å². The molecule has 0 spiro atoms. The first-order chi connectivity index (χ1) is 9.00. The zero-order valence-electron chi connectivity index (χ0n) is 9.96. The molecule has 19 heavy (non-hydrogen) atoms. The Morgan fingerprint density at radius 1 is 1.74 bits per heavy atom. The van der Waals surface area contributed by atoms with Crippen LogP contribution in [0.4, 0.5) is 10.1 Å². The van der Waals surface area contributed by atoms with E-state index < -0.39 is 12.0 Å². The molecule has 8 heteroatoms. The Morgan fingerprint density at radius 3 is 3.05 bits per heavy atom. The number of hydrogen-bond acceptors (Lipinski definition) is 4. The predicted octanol–water partition coefficient (Wildman–Crippen LogP) is 2.82. The van der Waals surface area contributed by atoms with Crippen LogP contribution in [0.3, 0.4) is 0 Å². The van der Waals surface area contributed by atoms with Crippen LogP contribution in [-0.2, 0) is 9.53 Å². The molecule has 0 bridgehead atoms. The van der Waals surface area contributed by atoms with Crippen LogP contribution in [0.25, 0.3) is 10.4 Å². The summed E-state index contributed by atoms with van der Waals surface area (Å²) in [7, 11) is 0. The van der Waals surface area contributed by atoms with Crippen LogP contribution in [0.5, 0.6) is 0 Å². The van der Waals surface area contributed by atoms with Crippen LogP contribution >= 0.6 is 22.6 Å². The number of carbonyl (C=O) groups is 1. The highest BCUT2D eigenvalue weighted by Gasteiger charge is 2.43. The molecule has 1 aliphatic heterocycles. The van der Waals surface area contributed by atoms with Gasteiger partial charge >= 0.3 is 0 Å². The van der Waals surface area contributed by atoms with Crippen LogP contribution < -0.4 is 4.90 Å². The fraction of sp³-hybridized carbons (Fsp3) is 0.364. The van der Waals surface area contributed by atoms with Crippen LogP contribution in [-0.4, -0.2) is 24.8 Å². The van der Waals surface area contributed by atoms with Gasteiger partial charge in [-0.2, -0.15) is 0 Å². The monoisotopic (exact) mass is 376 g/mol. The number of anilines is 1. The van der Waals surface area contributed by atoms with Crippen LogP contribution in [0, 0.1) is 9.39 Å². The SMILES string of the molecule is CC1(C=O)O[C@@H](N=[N+]=[N-])CN1c1ccc(I)c(F)c1. The van der Waals surface area contributed by atoms with Crippen molar-refractivity contribution in [1.82, 2.24) is 0 Å². The van der Waals surface area contributed by atoms with Gasteiger partial charge in [0.25, 0.3) is 0 Å². The topological polar surface area (TPSA) is 78.3 Å². The number of halogens is 2. The number of nitrogens with zero attached hydrogens (tertiary/aromatic N) is 4. The van der Waals surface area contributed by atoms with E-state index >= 15 is 0 Å². The maximum Gasteiger partial charge on any atom is 0.195 e. The summed E-state index contributed by atoms with van der Waals surface area (Å²) in [6.07, 6.45) is -0.169. The Bertz CT molecular complexity index is 564. The number of aldehydes is 1. The largest absolute Gasteiger partial charge is 0.338 e. The molecular formula is C11H10FIN4O2. The van der Waals surface area contributed by atoms with Crippen molar-refractivity contribution >= 4 is 34.6 Å². The summed E-state index contributed by atoms with van der Waals surface area (Å²) in [6, 6.07) is 4.62. The van der Waals surface area contributed by atoms with Crippen molar-refractivity contribution in [2.75, 3.05) is 11.4 Å². The minimum absolute atomic E-state index is 0.194. The molecule has 0 saturated carbocycles. The van der Waals surface area contributed by atoms with Gasteiger partial charge in [-0.05, 0) is 53.2 Å². The van der Waals surface area contributed by atoms with Gasteiger partial charge in [-0.25, -0.2) is 4.39 Å². The van der Waals surface area contributed by atoms with Gasteiger partial charge in [-0.3, -0.25) is 4.79 Å². The Morgan fingerprint density at radius 2 is 2.47 bits per heavy atom. The van der Waals surface area contributed by atoms with Crippen molar-refractivity contribution in [1.29, 1.82) is 0 Å². The Labute approximate surface area is 122 Å². The fourth-order valence-electron chi connectivity index (χ4n) is 1.94. The third-order valence-electron chi connectivity index (χ3n) is 2.86. The average Bonchev–Trinajstić information content (AvgIpc) is 2.71. The van der Waals surface area contributed by atoms with E-state index in [1.54, 1.807) is 24.0 Å². The number of azide groups is 1. The fourth-order valence-corrected chi connectivity index (χ4v) is 2.27. The second kappa shape index (κ2) is 5.32. The molecule has 2 atom stereocenters. The summed E-state index contributed by atoms with van der Waals surface area (Å²) in [5, 5.41) is 3.45. The normalized spacial score (nSPS) is 26.1. The van der Waals surface area contributed by atoms with E-state index in [-0.39, 0.29) is 12.4 Å². The summed E-state index contributed by atoms with van der Waals surface area (Å²) in [5.41, 5.74) is 7.65. The molecule has 0 N–H and O–H groups in total. The predicted molar refractivity (Wildman–Crippen MR) is 75.0 cm³/mol. The second-order valence-corrected chi connectivity index (χ2v) is 5.32. The van der Waals surface area contributed by atoms with Gasteiger partial charge in [0.1, 0.15) is 5.82 Å². The lowest BCUT2D eigenvalue weighted by Gasteiger charge is -2.30. The van der Waals surface area contributed by atoms with E-state index in [1.807, 2.05) is 22.6 Å². The summed E-state index contributed by atoms with van der Waals surface area (Å²) >= 11 is 1.88. The van der Waals surface area contributed by atoms with E-state index in [2.05, 4.69) is 10.0 Å². The smallest absolute Gasteiger partial charge is 0.195 e. The van der Waals surface area contributed by atoms with Crippen molar-refractivity contribution in [3.05, 3.63) is 38.0 Å². The van der Waals surface area contributed by atoms with Gasteiger partial charge in [0.15, 0.2) is 18.2 Å². The molecule has 0 amide bonds. The van der Waals surface area contributed by atoms with Gasteiger partial charge < -0.3 is 9.64 Å². The minimum Gasteiger partial charge on any atom is -0.338 e. The average molecular weight is 376 g/mol. The molecule has 1 aromatic carbocycles. The number of ether oxygens (including phenoxy) is 1. The van der Waals surface area contributed by atoms with Crippen LogP contribution in [0.2, 0.25) is 0 Å². The van der Waals surface area contributed by atoms with E-state index in [9.17, 15) is 9.18 Å². The maximum atomic E-state index is 13.6. The Kier molecular flexibility index (Phi) is 3.93.